The second kappa shape index (κ2) is 5.79. The van der Waals surface area contributed by atoms with E-state index >= 15 is 0 Å². The Hall–Kier alpha value is -0.990. The third-order valence-corrected chi connectivity index (χ3v) is 4.17. The van der Waals surface area contributed by atoms with Crippen molar-refractivity contribution in [1.82, 2.24) is 0 Å². The fourth-order valence-corrected chi connectivity index (χ4v) is 2.83. The van der Waals surface area contributed by atoms with E-state index in [1.54, 1.807) is 0 Å². The highest BCUT2D eigenvalue weighted by Gasteiger charge is 2.42. The summed E-state index contributed by atoms with van der Waals surface area (Å²) in [6.07, 6.45) is -6.17. The molecule has 0 aromatic carbocycles. The first-order valence-electron chi connectivity index (χ1n) is 6.68. The normalized spacial score (nSPS) is 42.6. The third-order valence-electron chi connectivity index (χ3n) is 4.17. The van der Waals surface area contributed by atoms with Crippen LogP contribution in [0.15, 0.2) is 11.3 Å². The smallest absolute Gasteiger partial charge is 0.168 e. The Labute approximate surface area is 115 Å². The molecule has 6 unspecified atom stereocenters. The predicted molar refractivity (Wildman–Crippen MR) is 66.7 cm³/mol. The number of ketones is 1. The summed E-state index contributed by atoms with van der Waals surface area (Å²) in [7, 11) is 0. The van der Waals surface area contributed by atoms with Gasteiger partial charge in [-0.1, -0.05) is 0 Å². The fourth-order valence-electron chi connectivity index (χ4n) is 2.83. The minimum Gasteiger partial charge on any atom is -0.512 e. The van der Waals surface area contributed by atoms with Crippen LogP contribution in [0, 0.1) is 5.92 Å². The van der Waals surface area contributed by atoms with Crippen LogP contribution in [0.5, 0.6) is 0 Å². The second-order valence-corrected chi connectivity index (χ2v) is 5.56. The van der Waals surface area contributed by atoms with Gasteiger partial charge in [-0.25, -0.2) is 0 Å². The van der Waals surface area contributed by atoms with Gasteiger partial charge < -0.3 is 30.6 Å². The van der Waals surface area contributed by atoms with Gasteiger partial charge in [0.1, 0.15) is 11.9 Å². The van der Waals surface area contributed by atoms with Gasteiger partial charge in [0.25, 0.3) is 0 Å². The van der Waals surface area contributed by atoms with E-state index in [4.69, 9.17) is 0 Å². The summed E-state index contributed by atoms with van der Waals surface area (Å²) in [6, 6.07) is 0. The molecule has 2 aliphatic carbocycles. The molecule has 1 saturated carbocycles. The van der Waals surface area contributed by atoms with Gasteiger partial charge in [-0.2, -0.15) is 0 Å². The quantitative estimate of drug-likeness (QED) is 0.359. The summed E-state index contributed by atoms with van der Waals surface area (Å²) < 4.78 is 0. The highest BCUT2D eigenvalue weighted by Crippen LogP contribution is 2.32. The summed E-state index contributed by atoms with van der Waals surface area (Å²) in [5.41, 5.74) is -0.0181. The zero-order chi connectivity index (χ0) is 15.0. The molecule has 0 amide bonds. The summed E-state index contributed by atoms with van der Waals surface area (Å²) in [6.45, 7) is 0. The summed E-state index contributed by atoms with van der Waals surface area (Å²) in [4.78, 5) is 12.3. The SMILES string of the molecule is O=C(C1=C(O)CC(O)C(O)C1)C1CCC(O)C(O)C1O. The standard InChI is InChI=1S/C13H20O7/c14-7-2-1-5(12(19)13(7)20)11(18)6-3-9(16)10(17)4-8(6)15/h5,7,9-10,12-17,19-20H,1-4H2. The number of Topliss-reactive ketones (excluding diaryl/α,β-unsaturated/α-hetero) is 1. The molecule has 1 fully saturated rings. The number of carbonyl (C=O) groups is 1. The Kier molecular flexibility index (Phi) is 4.46. The van der Waals surface area contributed by atoms with Crippen molar-refractivity contribution in [3.8, 4) is 0 Å². The molecule has 6 N–H and O–H groups in total. The van der Waals surface area contributed by atoms with E-state index in [2.05, 4.69) is 0 Å². The lowest BCUT2D eigenvalue weighted by Gasteiger charge is -2.35. The van der Waals surface area contributed by atoms with E-state index in [1.165, 1.54) is 0 Å². The largest absolute Gasteiger partial charge is 0.512 e. The maximum Gasteiger partial charge on any atom is 0.168 e. The molecular weight excluding hydrogens is 268 g/mol. The Balaban J connectivity index is 2.17. The molecule has 0 saturated heterocycles. The maximum atomic E-state index is 12.3. The zero-order valence-corrected chi connectivity index (χ0v) is 10.9. The van der Waals surface area contributed by atoms with Crippen LogP contribution in [0.3, 0.4) is 0 Å². The van der Waals surface area contributed by atoms with E-state index in [0.717, 1.165) is 0 Å². The van der Waals surface area contributed by atoms with Gasteiger partial charge in [-0.05, 0) is 12.8 Å². The molecule has 0 bridgehead atoms. The van der Waals surface area contributed by atoms with Crippen molar-refractivity contribution < 1.29 is 35.4 Å². The van der Waals surface area contributed by atoms with Gasteiger partial charge in [0.2, 0.25) is 0 Å². The minimum atomic E-state index is -1.41. The van der Waals surface area contributed by atoms with E-state index in [1.807, 2.05) is 0 Å². The zero-order valence-electron chi connectivity index (χ0n) is 10.9. The average Bonchev–Trinajstić information content (AvgIpc) is 2.40. The van der Waals surface area contributed by atoms with Crippen LogP contribution < -0.4 is 0 Å². The maximum absolute atomic E-state index is 12.3. The summed E-state index contributed by atoms with van der Waals surface area (Å²) in [5, 5.41) is 57.6. The Morgan fingerprint density at radius 3 is 2.10 bits per heavy atom. The van der Waals surface area contributed by atoms with Crippen LogP contribution in [0.4, 0.5) is 0 Å². The molecule has 6 atom stereocenters. The van der Waals surface area contributed by atoms with Crippen molar-refractivity contribution in [3.63, 3.8) is 0 Å². The lowest BCUT2D eigenvalue weighted by atomic mass is 9.76. The first kappa shape index (κ1) is 15.4. The second-order valence-electron chi connectivity index (χ2n) is 5.56. The predicted octanol–water partition coefficient (Wildman–Crippen LogP) is -1.62. The first-order valence-corrected chi connectivity index (χ1v) is 6.68. The number of hydrogen-bond donors (Lipinski definition) is 6. The topological polar surface area (TPSA) is 138 Å². The van der Waals surface area contributed by atoms with Gasteiger partial charge >= 0.3 is 0 Å². The van der Waals surface area contributed by atoms with Gasteiger partial charge in [-0.3, -0.25) is 4.79 Å². The van der Waals surface area contributed by atoms with Gasteiger partial charge in [0.15, 0.2) is 5.78 Å². The van der Waals surface area contributed by atoms with Crippen molar-refractivity contribution in [2.45, 2.75) is 56.2 Å². The van der Waals surface area contributed by atoms with Crippen molar-refractivity contribution in [2.24, 2.45) is 5.92 Å². The van der Waals surface area contributed by atoms with Crippen LogP contribution >= 0.6 is 0 Å². The lowest BCUT2D eigenvalue weighted by Crippen LogP contribution is -2.49. The van der Waals surface area contributed by atoms with Gasteiger partial charge in [-0.15, -0.1) is 0 Å². The number of carbonyl (C=O) groups excluding carboxylic acids is 1. The molecule has 0 aliphatic heterocycles. The molecule has 0 radical (unpaired) electrons. The van der Waals surface area contributed by atoms with E-state index in [9.17, 15) is 35.4 Å². The van der Waals surface area contributed by atoms with Crippen LogP contribution in [0.1, 0.15) is 25.7 Å². The summed E-state index contributed by atoms with van der Waals surface area (Å²) in [5.74, 6) is -1.76. The van der Waals surface area contributed by atoms with E-state index in [-0.39, 0.29) is 37.0 Å². The van der Waals surface area contributed by atoms with Crippen molar-refractivity contribution >= 4 is 5.78 Å². The van der Waals surface area contributed by atoms with Crippen LogP contribution in [-0.4, -0.2) is 66.9 Å². The highest BCUT2D eigenvalue weighted by atomic mass is 16.4. The van der Waals surface area contributed by atoms with Crippen molar-refractivity contribution in [2.75, 3.05) is 0 Å². The Bertz CT molecular complexity index is 419. The molecule has 114 valence electrons. The molecule has 0 aromatic heterocycles. The molecule has 2 rings (SSSR count). The van der Waals surface area contributed by atoms with E-state index in [0.29, 0.717) is 0 Å². The average molecular weight is 288 g/mol. The molecule has 0 spiro atoms. The van der Waals surface area contributed by atoms with Crippen molar-refractivity contribution in [1.29, 1.82) is 0 Å². The fraction of sp³-hybridized carbons (Fsp3) is 0.769. The molecule has 0 aromatic rings. The monoisotopic (exact) mass is 288 g/mol. The lowest BCUT2D eigenvalue weighted by molar-refractivity contribution is -0.141. The first-order chi connectivity index (χ1) is 9.32. The number of aliphatic hydroxyl groups excluding tert-OH is 6. The van der Waals surface area contributed by atoms with Crippen LogP contribution in [0.2, 0.25) is 0 Å². The van der Waals surface area contributed by atoms with Gasteiger partial charge in [0, 0.05) is 18.4 Å². The number of hydrogen-bond acceptors (Lipinski definition) is 7. The van der Waals surface area contributed by atoms with Gasteiger partial charge in [0.05, 0.1) is 30.3 Å². The van der Waals surface area contributed by atoms with Crippen molar-refractivity contribution in [3.05, 3.63) is 11.3 Å². The molecule has 0 heterocycles. The minimum absolute atomic E-state index is 0.0181. The Morgan fingerprint density at radius 2 is 1.45 bits per heavy atom. The molecular formula is C13H20O7. The number of rotatable bonds is 2. The molecule has 7 nitrogen and oxygen atoms in total. The molecule has 7 heteroatoms. The van der Waals surface area contributed by atoms with Crippen LogP contribution in [0.25, 0.3) is 0 Å². The molecule has 20 heavy (non-hydrogen) atoms. The third kappa shape index (κ3) is 2.72. The van der Waals surface area contributed by atoms with Crippen LogP contribution in [-0.2, 0) is 4.79 Å². The molecule has 2 aliphatic rings. The highest BCUT2D eigenvalue weighted by molar-refractivity contribution is 5.98. The number of aliphatic hydroxyl groups is 6. The Morgan fingerprint density at radius 1 is 0.850 bits per heavy atom. The van der Waals surface area contributed by atoms with E-state index < -0.39 is 42.2 Å². The summed E-state index contributed by atoms with van der Waals surface area (Å²) >= 11 is 0.